The fourth-order valence-electron chi connectivity index (χ4n) is 2.85. The number of nitrogens with one attached hydrogen (secondary N) is 1. The second-order valence-corrected chi connectivity index (χ2v) is 8.86. The molecule has 0 spiro atoms. The Labute approximate surface area is 198 Å². The number of thiophene rings is 1. The summed E-state index contributed by atoms with van der Waals surface area (Å²) in [6.45, 7) is 1.39. The van der Waals surface area contributed by atoms with Crippen molar-refractivity contribution >= 4 is 40.4 Å². The maximum absolute atomic E-state index is 12.8. The number of aromatic nitrogens is 1. The van der Waals surface area contributed by atoms with Crippen molar-refractivity contribution in [3.05, 3.63) is 56.0 Å². The summed E-state index contributed by atoms with van der Waals surface area (Å²) in [6, 6.07) is 8.97. The normalized spacial score (nSPS) is 12.8. The maximum atomic E-state index is 12.8. The molecule has 1 aliphatic rings. The van der Waals surface area contributed by atoms with Gasteiger partial charge in [0.05, 0.1) is 10.6 Å². The number of rotatable bonds is 6. The van der Waals surface area contributed by atoms with Gasteiger partial charge >= 0.3 is 18.1 Å². The summed E-state index contributed by atoms with van der Waals surface area (Å²) in [7, 11) is 0. The van der Waals surface area contributed by atoms with Crippen molar-refractivity contribution in [2.45, 2.75) is 19.1 Å². The first-order chi connectivity index (χ1) is 16.0. The predicted molar refractivity (Wildman–Crippen MR) is 118 cm³/mol. The monoisotopic (exact) mass is 514 g/mol. The predicted octanol–water partition coefficient (Wildman–Crippen LogP) is 3.85. The van der Waals surface area contributed by atoms with Crippen LogP contribution in [0.25, 0.3) is 11.3 Å². The van der Waals surface area contributed by atoms with Crippen LogP contribution in [0.2, 0.25) is 0 Å². The van der Waals surface area contributed by atoms with Crippen molar-refractivity contribution in [1.29, 1.82) is 0 Å². The van der Waals surface area contributed by atoms with Gasteiger partial charge in [0.2, 0.25) is 5.78 Å². The third-order valence-corrected chi connectivity index (χ3v) is 6.49. The third-order valence-electron chi connectivity index (χ3n) is 4.42. The molecule has 8 nitrogen and oxygen atoms in total. The lowest BCUT2D eigenvalue weighted by molar-refractivity contribution is -0.192. The van der Waals surface area contributed by atoms with E-state index in [2.05, 4.69) is 10.3 Å². The zero-order valence-electron chi connectivity index (χ0n) is 17.2. The van der Waals surface area contributed by atoms with Gasteiger partial charge in [-0.15, -0.1) is 22.7 Å². The van der Waals surface area contributed by atoms with Crippen LogP contribution in [0.3, 0.4) is 0 Å². The molecule has 3 aromatic rings. The molecule has 2 aromatic heterocycles. The number of carbonyl (C=O) groups is 3. The average molecular weight is 515 g/mol. The van der Waals surface area contributed by atoms with E-state index >= 15 is 0 Å². The standard InChI is InChI=1S/C19H16N2O4S2.C2HF3O2/c22-17(23)9-25-13-3-1-11(2-4-13)14-10-26-19(21-14)18(24)16-7-12-8-20-6-5-15(12)27-16;3-2(4,5)1(6)7/h1-4,7,10,20H,5-6,8-9H2,(H,22,23);(H,6,7). The van der Waals surface area contributed by atoms with Gasteiger partial charge in [-0.05, 0) is 42.3 Å². The van der Waals surface area contributed by atoms with Gasteiger partial charge in [0.25, 0.3) is 0 Å². The Kier molecular flexibility index (Phi) is 8.02. The van der Waals surface area contributed by atoms with Crippen LogP contribution in [0, 0.1) is 0 Å². The second kappa shape index (κ2) is 10.8. The number of ketones is 1. The van der Waals surface area contributed by atoms with Crippen LogP contribution >= 0.6 is 22.7 Å². The van der Waals surface area contributed by atoms with Gasteiger partial charge in [-0.25, -0.2) is 14.6 Å². The van der Waals surface area contributed by atoms with Gasteiger partial charge in [0, 0.05) is 28.9 Å². The first-order valence-corrected chi connectivity index (χ1v) is 11.3. The minimum atomic E-state index is -5.08. The highest BCUT2D eigenvalue weighted by molar-refractivity contribution is 7.16. The number of aliphatic carboxylic acids is 2. The van der Waals surface area contributed by atoms with Gasteiger partial charge < -0.3 is 20.3 Å². The molecule has 0 atom stereocenters. The molecule has 0 bridgehead atoms. The summed E-state index contributed by atoms with van der Waals surface area (Å²) in [5.74, 6) is -3.34. The molecule has 1 aliphatic heterocycles. The highest BCUT2D eigenvalue weighted by atomic mass is 32.1. The average Bonchev–Trinajstić information content (AvgIpc) is 3.45. The number of hydrogen-bond donors (Lipinski definition) is 3. The fourth-order valence-corrected chi connectivity index (χ4v) is 4.81. The highest BCUT2D eigenvalue weighted by Crippen LogP contribution is 2.30. The van der Waals surface area contributed by atoms with Crippen molar-refractivity contribution < 1.29 is 42.5 Å². The highest BCUT2D eigenvalue weighted by Gasteiger charge is 2.38. The Hall–Kier alpha value is -3.29. The Morgan fingerprint density at radius 3 is 2.41 bits per heavy atom. The van der Waals surface area contributed by atoms with Gasteiger partial charge in [0.1, 0.15) is 5.75 Å². The maximum Gasteiger partial charge on any atom is 0.490 e. The Balaban J connectivity index is 0.000000406. The number of hydrogen-bond acceptors (Lipinski definition) is 8. The SMILES string of the molecule is O=C(O)C(F)(F)F.O=C(O)COc1ccc(-c2csc(C(=O)c3cc4c(s3)CCNC4)n2)cc1. The number of benzene rings is 1. The molecule has 0 radical (unpaired) electrons. The summed E-state index contributed by atoms with van der Waals surface area (Å²) in [6.07, 6.45) is -4.12. The third kappa shape index (κ3) is 6.62. The molecule has 0 aliphatic carbocycles. The summed E-state index contributed by atoms with van der Waals surface area (Å²) < 4.78 is 36.9. The molecule has 3 N–H and O–H groups in total. The van der Waals surface area contributed by atoms with Gasteiger partial charge in [-0.1, -0.05) is 0 Å². The van der Waals surface area contributed by atoms with E-state index in [1.807, 2.05) is 11.4 Å². The van der Waals surface area contributed by atoms with E-state index in [1.54, 1.807) is 35.6 Å². The summed E-state index contributed by atoms with van der Waals surface area (Å²) in [5, 5.41) is 21.4. The van der Waals surface area contributed by atoms with Crippen molar-refractivity contribution in [3.8, 4) is 17.0 Å². The summed E-state index contributed by atoms with van der Waals surface area (Å²) >= 11 is 2.90. The number of carbonyl (C=O) groups excluding carboxylic acids is 1. The lowest BCUT2D eigenvalue weighted by Gasteiger charge is -2.10. The lowest BCUT2D eigenvalue weighted by atomic mass is 10.1. The fraction of sp³-hybridized carbons (Fsp3) is 0.238. The number of thiazole rings is 1. The van der Waals surface area contributed by atoms with Crippen molar-refractivity contribution in [1.82, 2.24) is 10.3 Å². The number of ether oxygens (including phenoxy) is 1. The van der Waals surface area contributed by atoms with Crippen molar-refractivity contribution in [2.75, 3.05) is 13.2 Å². The van der Waals surface area contributed by atoms with E-state index in [0.717, 1.165) is 35.6 Å². The minimum absolute atomic E-state index is 0.0351. The van der Waals surface area contributed by atoms with Crippen LogP contribution in [0.1, 0.15) is 25.1 Å². The second-order valence-electron chi connectivity index (χ2n) is 6.86. The van der Waals surface area contributed by atoms with E-state index in [-0.39, 0.29) is 12.4 Å². The number of halogens is 3. The number of nitrogens with zero attached hydrogens (tertiary/aromatic N) is 1. The zero-order valence-corrected chi connectivity index (χ0v) is 18.9. The molecular formula is C21H17F3N2O6S2. The number of alkyl halides is 3. The molecule has 0 amide bonds. The van der Waals surface area contributed by atoms with Crippen molar-refractivity contribution in [2.24, 2.45) is 0 Å². The Bertz CT molecular complexity index is 1160. The quantitative estimate of drug-likeness (QED) is 0.424. The molecule has 4 rings (SSSR count). The smallest absolute Gasteiger partial charge is 0.482 e. The largest absolute Gasteiger partial charge is 0.490 e. The molecule has 1 aromatic carbocycles. The first kappa shape index (κ1) is 25.3. The van der Waals surface area contributed by atoms with Gasteiger partial charge in [-0.3, -0.25) is 4.79 Å². The topological polar surface area (TPSA) is 126 Å². The van der Waals surface area contributed by atoms with E-state index in [0.29, 0.717) is 10.8 Å². The molecule has 13 heteroatoms. The minimum Gasteiger partial charge on any atom is -0.482 e. The molecule has 0 unspecified atom stereocenters. The molecule has 0 saturated carbocycles. The molecule has 180 valence electrons. The Morgan fingerprint density at radius 1 is 1.15 bits per heavy atom. The van der Waals surface area contributed by atoms with Crippen LogP contribution < -0.4 is 10.1 Å². The Morgan fingerprint density at radius 2 is 1.82 bits per heavy atom. The summed E-state index contributed by atoms with van der Waals surface area (Å²) in [5.41, 5.74) is 2.78. The van der Waals surface area contributed by atoms with E-state index in [4.69, 9.17) is 19.7 Å². The zero-order chi connectivity index (χ0) is 24.9. The van der Waals surface area contributed by atoms with E-state index in [1.165, 1.54) is 21.8 Å². The number of fused-ring (bicyclic) bond motifs is 1. The molecule has 0 fully saturated rings. The number of carboxylic acids is 2. The van der Waals surface area contributed by atoms with E-state index in [9.17, 15) is 22.8 Å². The van der Waals surface area contributed by atoms with Gasteiger partial charge in [0.15, 0.2) is 11.6 Å². The molecule has 0 saturated heterocycles. The van der Waals surface area contributed by atoms with Gasteiger partial charge in [-0.2, -0.15) is 13.2 Å². The van der Waals surface area contributed by atoms with Crippen LogP contribution in [0.5, 0.6) is 5.75 Å². The first-order valence-electron chi connectivity index (χ1n) is 9.62. The van der Waals surface area contributed by atoms with Crippen LogP contribution in [-0.2, 0) is 22.6 Å². The van der Waals surface area contributed by atoms with Crippen LogP contribution in [-0.4, -0.2) is 52.2 Å². The lowest BCUT2D eigenvalue weighted by Crippen LogP contribution is -2.21. The molecule has 34 heavy (non-hydrogen) atoms. The summed E-state index contributed by atoms with van der Waals surface area (Å²) in [4.78, 5) is 38.7. The molecule has 3 heterocycles. The van der Waals surface area contributed by atoms with E-state index < -0.39 is 18.1 Å². The van der Waals surface area contributed by atoms with Crippen LogP contribution in [0.15, 0.2) is 35.7 Å². The van der Waals surface area contributed by atoms with Crippen molar-refractivity contribution in [3.63, 3.8) is 0 Å². The molecular weight excluding hydrogens is 497 g/mol. The van der Waals surface area contributed by atoms with Crippen LogP contribution in [0.4, 0.5) is 13.2 Å². The number of carboxylic acid groups (broad SMARTS) is 2.